The number of nitrogen functional groups attached to an aromatic ring is 1. The van der Waals surface area contributed by atoms with Crippen LogP contribution < -0.4 is 5.73 Å². The van der Waals surface area contributed by atoms with Crippen LogP contribution in [0.3, 0.4) is 0 Å². The van der Waals surface area contributed by atoms with Crippen molar-refractivity contribution in [2.24, 2.45) is 0 Å². The van der Waals surface area contributed by atoms with Gasteiger partial charge in [-0.2, -0.15) is 0 Å². The van der Waals surface area contributed by atoms with Gasteiger partial charge >= 0.3 is 5.97 Å². The molecule has 0 heterocycles. The fourth-order valence-corrected chi connectivity index (χ4v) is 3.28. The first-order valence-corrected chi connectivity index (χ1v) is 8.14. The first-order valence-electron chi connectivity index (χ1n) is 8.14. The highest BCUT2D eigenvalue weighted by Gasteiger charge is 2.22. The minimum Gasteiger partial charge on any atom is -0.478 e. The van der Waals surface area contributed by atoms with Gasteiger partial charge in [-0.1, -0.05) is 42.5 Å². The molecule has 26 heavy (non-hydrogen) atoms. The molecule has 4 aromatic rings. The van der Waals surface area contributed by atoms with Gasteiger partial charge in [-0.3, -0.25) is 4.79 Å². The number of carboxylic acids is 1. The van der Waals surface area contributed by atoms with Gasteiger partial charge in [-0.25, -0.2) is 4.79 Å². The molecule has 0 aromatic heterocycles. The molecule has 0 amide bonds. The molecule has 0 aliphatic heterocycles. The molecule has 4 aromatic carbocycles. The lowest BCUT2D eigenvalue weighted by molar-refractivity contribution is 0.0695. The van der Waals surface area contributed by atoms with Gasteiger partial charge in [0.05, 0.1) is 5.56 Å². The number of para-hydroxylation sites is 1. The fraction of sp³-hybridized carbons (Fsp3) is 0. The van der Waals surface area contributed by atoms with E-state index in [4.69, 9.17) is 5.73 Å². The number of ketones is 1. The molecule has 0 fully saturated rings. The number of hydrogen-bond acceptors (Lipinski definition) is 3. The summed E-state index contributed by atoms with van der Waals surface area (Å²) in [5.74, 6) is -1.53. The number of carbonyl (C=O) groups is 2. The minimum atomic E-state index is -1.14. The zero-order chi connectivity index (χ0) is 18.3. The van der Waals surface area contributed by atoms with Gasteiger partial charge in [0.2, 0.25) is 0 Å². The zero-order valence-electron chi connectivity index (χ0n) is 13.8. The molecule has 4 heteroatoms. The van der Waals surface area contributed by atoms with Crippen molar-refractivity contribution < 1.29 is 14.7 Å². The molecule has 0 saturated carbocycles. The number of fused-ring (bicyclic) bond motifs is 2. The van der Waals surface area contributed by atoms with Gasteiger partial charge in [-0.15, -0.1) is 0 Å². The number of benzene rings is 4. The molecule has 0 bridgehead atoms. The molecule has 0 spiro atoms. The zero-order valence-corrected chi connectivity index (χ0v) is 13.8. The summed E-state index contributed by atoms with van der Waals surface area (Å²) in [7, 11) is 0. The lowest BCUT2D eigenvalue weighted by Crippen LogP contribution is -2.12. The number of rotatable bonds is 3. The third-order valence-corrected chi connectivity index (χ3v) is 4.55. The number of aromatic carboxylic acids is 1. The first kappa shape index (κ1) is 15.8. The van der Waals surface area contributed by atoms with Crippen molar-refractivity contribution in [2.75, 3.05) is 5.73 Å². The Morgan fingerprint density at radius 3 is 2.08 bits per heavy atom. The molecule has 0 unspecified atom stereocenters. The van der Waals surface area contributed by atoms with E-state index in [0.29, 0.717) is 16.6 Å². The second kappa shape index (κ2) is 6.01. The van der Waals surface area contributed by atoms with Crippen LogP contribution in [0.1, 0.15) is 26.3 Å². The van der Waals surface area contributed by atoms with Gasteiger partial charge in [0.25, 0.3) is 0 Å². The highest BCUT2D eigenvalue weighted by Crippen LogP contribution is 2.29. The van der Waals surface area contributed by atoms with E-state index >= 15 is 0 Å². The van der Waals surface area contributed by atoms with Crippen LogP contribution in [0.5, 0.6) is 0 Å². The van der Waals surface area contributed by atoms with Crippen molar-refractivity contribution in [3.05, 3.63) is 89.5 Å². The van der Waals surface area contributed by atoms with Crippen LogP contribution in [-0.4, -0.2) is 16.9 Å². The lowest BCUT2D eigenvalue weighted by atomic mass is 9.91. The van der Waals surface area contributed by atoms with Crippen molar-refractivity contribution in [2.45, 2.75) is 0 Å². The van der Waals surface area contributed by atoms with Gasteiger partial charge in [0.1, 0.15) is 0 Å². The highest BCUT2D eigenvalue weighted by molar-refractivity contribution is 6.21. The predicted octanol–water partition coefficient (Wildman–Crippen LogP) is 4.50. The van der Waals surface area contributed by atoms with Crippen LogP contribution in [0.15, 0.2) is 72.8 Å². The van der Waals surface area contributed by atoms with E-state index in [1.165, 1.54) is 0 Å². The van der Waals surface area contributed by atoms with Gasteiger partial charge in [-0.05, 0) is 51.9 Å². The van der Waals surface area contributed by atoms with Crippen molar-refractivity contribution >= 4 is 39.0 Å². The van der Waals surface area contributed by atoms with E-state index in [9.17, 15) is 14.7 Å². The van der Waals surface area contributed by atoms with Crippen LogP contribution in [-0.2, 0) is 0 Å². The summed E-state index contributed by atoms with van der Waals surface area (Å²) in [6, 6.07) is 21.5. The van der Waals surface area contributed by atoms with Crippen molar-refractivity contribution in [3.8, 4) is 0 Å². The summed E-state index contributed by atoms with van der Waals surface area (Å²) in [5, 5.41) is 13.1. The molecule has 0 aliphatic rings. The predicted molar refractivity (Wildman–Crippen MR) is 103 cm³/mol. The molecule has 0 aliphatic carbocycles. The van der Waals surface area contributed by atoms with Gasteiger partial charge in [0.15, 0.2) is 5.78 Å². The molecule has 3 N–H and O–H groups in total. The maximum atomic E-state index is 13.0. The second-order valence-corrected chi connectivity index (χ2v) is 6.13. The number of nitrogens with two attached hydrogens (primary N) is 1. The van der Waals surface area contributed by atoms with Crippen molar-refractivity contribution in [1.82, 2.24) is 0 Å². The summed E-state index contributed by atoms with van der Waals surface area (Å²) in [6.07, 6.45) is 0. The molecule has 4 nitrogen and oxygen atoms in total. The third-order valence-electron chi connectivity index (χ3n) is 4.55. The largest absolute Gasteiger partial charge is 0.478 e. The Labute approximate surface area is 149 Å². The standard InChI is InChI=1S/C22H15NO3/c23-19-8-4-3-7-16(19)21(24)17-10-9-15-11-13-5-1-2-6-14(13)12-18(15)20(17)22(25)26/h1-12H,23H2,(H,25,26). The molecule has 0 radical (unpaired) electrons. The first-order chi connectivity index (χ1) is 12.6. The molecule has 0 saturated heterocycles. The third kappa shape index (κ3) is 2.48. The summed E-state index contributed by atoms with van der Waals surface area (Å²) in [5.41, 5.74) is 6.67. The maximum absolute atomic E-state index is 13.0. The SMILES string of the molecule is Nc1ccccc1C(=O)c1ccc2cc3ccccc3cc2c1C(=O)O. The number of carbonyl (C=O) groups excluding carboxylic acids is 1. The minimum absolute atomic E-state index is 0.00139. The average molecular weight is 341 g/mol. The van der Waals surface area contributed by atoms with Crippen LogP contribution in [0.2, 0.25) is 0 Å². The Balaban J connectivity index is 2.02. The van der Waals surface area contributed by atoms with Crippen LogP contribution >= 0.6 is 0 Å². The molecular formula is C22H15NO3. The molecular weight excluding hydrogens is 326 g/mol. The Morgan fingerprint density at radius 2 is 1.38 bits per heavy atom. The summed E-state index contributed by atoms with van der Waals surface area (Å²) in [6.45, 7) is 0. The van der Waals surface area contributed by atoms with Crippen LogP contribution in [0.4, 0.5) is 5.69 Å². The number of hydrogen-bond donors (Lipinski definition) is 2. The summed E-state index contributed by atoms with van der Waals surface area (Å²) >= 11 is 0. The molecule has 0 atom stereocenters. The van der Waals surface area contributed by atoms with Crippen LogP contribution in [0.25, 0.3) is 21.5 Å². The van der Waals surface area contributed by atoms with E-state index in [0.717, 1.165) is 16.2 Å². The molecule has 126 valence electrons. The van der Waals surface area contributed by atoms with Crippen molar-refractivity contribution in [1.29, 1.82) is 0 Å². The normalized spacial score (nSPS) is 10.9. The van der Waals surface area contributed by atoms with Gasteiger partial charge < -0.3 is 10.8 Å². The Bertz CT molecular complexity index is 1190. The monoisotopic (exact) mass is 341 g/mol. The Kier molecular flexibility index (Phi) is 3.66. The van der Waals surface area contributed by atoms with Crippen molar-refractivity contribution in [3.63, 3.8) is 0 Å². The van der Waals surface area contributed by atoms with E-state index in [2.05, 4.69) is 0 Å². The summed E-state index contributed by atoms with van der Waals surface area (Å²) < 4.78 is 0. The quantitative estimate of drug-likeness (QED) is 0.326. The molecule has 4 rings (SSSR count). The lowest BCUT2D eigenvalue weighted by Gasteiger charge is -2.11. The highest BCUT2D eigenvalue weighted by atomic mass is 16.4. The number of anilines is 1. The Morgan fingerprint density at radius 1 is 0.731 bits per heavy atom. The Hall–Kier alpha value is -3.66. The maximum Gasteiger partial charge on any atom is 0.337 e. The van der Waals surface area contributed by atoms with Crippen LogP contribution in [0, 0.1) is 0 Å². The smallest absolute Gasteiger partial charge is 0.337 e. The fourth-order valence-electron chi connectivity index (χ4n) is 3.28. The topological polar surface area (TPSA) is 80.4 Å². The van der Waals surface area contributed by atoms with Gasteiger partial charge in [0, 0.05) is 16.8 Å². The number of carboxylic acid groups (broad SMARTS) is 1. The van der Waals surface area contributed by atoms with E-state index in [-0.39, 0.29) is 11.1 Å². The van der Waals surface area contributed by atoms with E-state index in [1.807, 2.05) is 36.4 Å². The second-order valence-electron chi connectivity index (χ2n) is 6.13. The van der Waals surface area contributed by atoms with E-state index in [1.54, 1.807) is 36.4 Å². The van der Waals surface area contributed by atoms with E-state index < -0.39 is 11.8 Å². The average Bonchev–Trinajstić information content (AvgIpc) is 2.65. The summed E-state index contributed by atoms with van der Waals surface area (Å²) in [4.78, 5) is 25.0.